The number of ether oxygens (including phenoxy) is 4. The first-order chi connectivity index (χ1) is 18.5. The molecule has 0 aromatic heterocycles. The molecule has 39 heavy (non-hydrogen) atoms. The van der Waals surface area contributed by atoms with E-state index in [1.165, 1.54) is 6.92 Å². The second kappa shape index (κ2) is 15.0. The van der Waals surface area contributed by atoms with Crippen LogP contribution in [0.3, 0.4) is 0 Å². The summed E-state index contributed by atoms with van der Waals surface area (Å²) in [5, 5.41) is 87.0. The summed E-state index contributed by atoms with van der Waals surface area (Å²) in [6.07, 6.45) is -9.45. The molecule has 1 aliphatic carbocycles. The Kier molecular flexibility index (Phi) is 12.7. The summed E-state index contributed by atoms with van der Waals surface area (Å²) < 4.78 is 23.4. The van der Waals surface area contributed by atoms with Crippen LogP contribution in [0.15, 0.2) is 0 Å². The summed E-state index contributed by atoms with van der Waals surface area (Å²) in [5.74, 6) is 0. The van der Waals surface area contributed by atoms with Crippen LogP contribution >= 0.6 is 0 Å². The van der Waals surface area contributed by atoms with E-state index in [2.05, 4.69) is 10.6 Å². The smallest absolute Gasteiger partial charge is 0.184 e. The van der Waals surface area contributed by atoms with Gasteiger partial charge in [0.25, 0.3) is 0 Å². The minimum absolute atomic E-state index is 0.00554. The molecule has 0 radical (unpaired) electrons. The summed E-state index contributed by atoms with van der Waals surface area (Å²) in [6, 6.07) is -2.17. The monoisotopic (exact) mass is 569 g/mol. The lowest BCUT2D eigenvalue weighted by atomic mass is 9.83. The summed E-state index contributed by atoms with van der Waals surface area (Å²) in [5.41, 5.74) is 5.13. The van der Waals surface area contributed by atoms with Crippen molar-refractivity contribution in [1.29, 1.82) is 0 Å². The zero-order valence-corrected chi connectivity index (χ0v) is 22.3. The predicted octanol–water partition coefficient (Wildman–Crippen LogP) is -5.17. The Morgan fingerprint density at radius 2 is 1.72 bits per heavy atom. The van der Waals surface area contributed by atoms with E-state index in [1.807, 2.05) is 0 Å². The highest BCUT2D eigenvalue weighted by Gasteiger charge is 2.49. The van der Waals surface area contributed by atoms with Gasteiger partial charge in [0.1, 0.15) is 36.6 Å². The minimum Gasteiger partial charge on any atom is -0.396 e. The summed E-state index contributed by atoms with van der Waals surface area (Å²) in [7, 11) is 0. The van der Waals surface area contributed by atoms with Gasteiger partial charge in [-0.2, -0.15) is 0 Å². The quantitative estimate of drug-likeness (QED) is 0.0928. The lowest BCUT2D eigenvalue weighted by Gasteiger charge is -2.48. The van der Waals surface area contributed by atoms with Gasteiger partial charge in [-0.25, -0.2) is 0 Å². The van der Waals surface area contributed by atoms with Crippen LogP contribution in [-0.2, 0) is 18.9 Å². The van der Waals surface area contributed by atoms with Gasteiger partial charge in [0, 0.05) is 38.1 Å². The van der Waals surface area contributed by atoms with Crippen LogP contribution in [0.5, 0.6) is 0 Å². The third-order valence-corrected chi connectivity index (χ3v) is 7.42. The van der Waals surface area contributed by atoms with Gasteiger partial charge < -0.3 is 76.2 Å². The molecule has 0 spiro atoms. The Labute approximate surface area is 227 Å². The number of aliphatic hydroxyl groups excluding tert-OH is 7. The molecule has 0 amide bonds. The van der Waals surface area contributed by atoms with Gasteiger partial charge in [-0.05, 0) is 26.3 Å². The normalized spacial score (nSPS) is 43.6. The van der Waals surface area contributed by atoms with Crippen LogP contribution in [-0.4, -0.2) is 159 Å². The molecule has 3 fully saturated rings. The molecule has 0 aromatic rings. The van der Waals surface area contributed by atoms with Crippen molar-refractivity contribution >= 4 is 0 Å². The van der Waals surface area contributed by atoms with E-state index in [0.29, 0.717) is 13.0 Å². The highest BCUT2D eigenvalue weighted by molar-refractivity contribution is 5.02. The van der Waals surface area contributed by atoms with Gasteiger partial charge in [-0.15, -0.1) is 0 Å². The Morgan fingerprint density at radius 3 is 2.36 bits per heavy atom. The topological polar surface area (TPSA) is 249 Å². The zero-order valence-electron chi connectivity index (χ0n) is 22.3. The van der Waals surface area contributed by atoms with Crippen molar-refractivity contribution < 1.29 is 59.8 Å². The minimum atomic E-state index is -1.39. The van der Waals surface area contributed by atoms with Gasteiger partial charge in [0.2, 0.25) is 0 Å². The van der Waals surface area contributed by atoms with Crippen molar-refractivity contribution in [1.82, 2.24) is 10.6 Å². The number of hydrogen-bond acceptors (Lipinski definition) is 15. The van der Waals surface area contributed by atoms with Gasteiger partial charge in [-0.1, -0.05) is 0 Å². The van der Waals surface area contributed by atoms with E-state index in [4.69, 9.17) is 29.8 Å². The molecular formula is C24H47N3O12. The first kappa shape index (κ1) is 32.9. The van der Waals surface area contributed by atoms with Crippen molar-refractivity contribution in [3.8, 4) is 0 Å². The van der Waals surface area contributed by atoms with E-state index in [-0.39, 0.29) is 52.2 Å². The summed E-state index contributed by atoms with van der Waals surface area (Å²) in [4.78, 5) is 0. The Morgan fingerprint density at radius 1 is 1.00 bits per heavy atom. The van der Waals surface area contributed by atoms with Crippen molar-refractivity contribution in [2.45, 2.75) is 112 Å². The zero-order chi connectivity index (χ0) is 28.7. The molecule has 2 aliphatic heterocycles. The van der Waals surface area contributed by atoms with E-state index < -0.39 is 79.0 Å². The van der Waals surface area contributed by atoms with Gasteiger partial charge in [0.05, 0.1) is 37.6 Å². The van der Waals surface area contributed by atoms with Crippen molar-refractivity contribution in [3.63, 3.8) is 0 Å². The first-order valence-electron chi connectivity index (χ1n) is 13.6. The molecule has 12 atom stereocenters. The average molecular weight is 570 g/mol. The molecule has 15 nitrogen and oxygen atoms in total. The van der Waals surface area contributed by atoms with Gasteiger partial charge in [-0.3, -0.25) is 0 Å². The maximum atomic E-state index is 11.4. The molecule has 12 N–H and O–H groups in total. The first-order valence-corrected chi connectivity index (χ1v) is 13.6. The molecule has 3 aliphatic rings. The molecule has 0 bridgehead atoms. The average Bonchev–Trinajstić information content (AvgIpc) is 2.88. The van der Waals surface area contributed by atoms with Crippen LogP contribution < -0.4 is 16.4 Å². The molecule has 2 heterocycles. The number of hydrogen-bond donors (Lipinski definition) is 11. The fraction of sp³-hybridized carbons (Fsp3) is 1.00. The number of aliphatic hydroxyl groups is 8. The maximum Gasteiger partial charge on any atom is 0.184 e. The Bertz CT molecular complexity index is 720. The lowest BCUT2D eigenvalue weighted by molar-refractivity contribution is -0.309. The van der Waals surface area contributed by atoms with E-state index >= 15 is 0 Å². The third kappa shape index (κ3) is 8.94. The molecule has 3 rings (SSSR count). The van der Waals surface area contributed by atoms with Crippen molar-refractivity contribution in [3.05, 3.63) is 0 Å². The lowest BCUT2D eigenvalue weighted by Crippen LogP contribution is -2.67. The van der Waals surface area contributed by atoms with Crippen molar-refractivity contribution in [2.75, 3.05) is 39.5 Å². The van der Waals surface area contributed by atoms with Crippen LogP contribution in [0.2, 0.25) is 0 Å². The SMILES string of the molecule is C[C@]1(O)COC(O[C@H]2C(NC(CO)CO)CC(N)[C@@H](O[C@@H]3CC(O)[C@H](O)C(CNCCCO)O3)C2O)C(O)C1. The molecule has 7 unspecified atom stereocenters. The number of rotatable bonds is 13. The maximum absolute atomic E-state index is 11.4. The number of nitrogens with two attached hydrogens (primary N) is 1. The molecular weight excluding hydrogens is 522 g/mol. The Hall–Kier alpha value is -0.600. The second-order valence-electron chi connectivity index (χ2n) is 11.1. The van der Waals surface area contributed by atoms with Crippen LogP contribution in [0.1, 0.15) is 32.6 Å². The predicted molar refractivity (Wildman–Crippen MR) is 134 cm³/mol. The standard InChI is InChI=1S/C24H47N3O12/c1-24(35)7-16(32)23(36-11-24)39-22-14(27-12(9-29)10-30)5-13(25)21(20(22)34)38-18-6-15(31)19(33)17(37-18)8-26-3-2-4-28/h12-23,26-35H,2-11,25H2,1H3/t13?,14?,15?,16?,17?,18-,19+,20?,21-,22+,23?,24-/m1/s1. The molecule has 0 aromatic carbocycles. The Balaban J connectivity index is 1.71. The molecule has 15 heteroatoms. The van der Waals surface area contributed by atoms with Crippen LogP contribution in [0, 0.1) is 0 Å². The molecule has 2 saturated heterocycles. The fourth-order valence-electron chi connectivity index (χ4n) is 5.28. The van der Waals surface area contributed by atoms with E-state index in [9.17, 15) is 35.7 Å². The highest BCUT2D eigenvalue weighted by Crippen LogP contribution is 2.32. The van der Waals surface area contributed by atoms with Gasteiger partial charge >= 0.3 is 0 Å². The molecule has 230 valence electrons. The summed E-state index contributed by atoms with van der Waals surface area (Å²) >= 11 is 0. The van der Waals surface area contributed by atoms with E-state index in [1.54, 1.807) is 0 Å². The fourth-order valence-corrected chi connectivity index (χ4v) is 5.28. The summed E-state index contributed by atoms with van der Waals surface area (Å²) in [6.45, 7) is 1.32. The van der Waals surface area contributed by atoms with Crippen molar-refractivity contribution in [2.24, 2.45) is 5.73 Å². The highest BCUT2D eigenvalue weighted by atomic mass is 16.7. The van der Waals surface area contributed by atoms with Crippen LogP contribution in [0.25, 0.3) is 0 Å². The van der Waals surface area contributed by atoms with Crippen LogP contribution in [0.4, 0.5) is 0 Å². The van der Waals surface area contributed by atoms with Gasteiger partial charge in [0.15, 0.2) is 12.6 Å². The largest absolute Gasteiger partial charge is 0.396 e. The number of nitrogens with one attached hydrogen (secondary N) is 2. The second-order valence-corrected chi connectivity index (χ2v) is 11.1. The van der Waals surface area contributed by atoms with E-state index in [0.717, 1.165) is 0 Å². The molecule has 1 saturated carbocycles. The third-order valence-electron chi connectivity index (χ3n) is 7.42.